The minimum absolute atomic E-state index is 0.401. The van der Waals surface area contributed by atoms with E-state index in [2.05, 4.69) is 60.4 Å². The lowest BCUT2D eigenvalue weighted by Gasteiger charge is -2.38. The van der Waals surface area contributed by atoms with Gasteiger partial charge in [-0.25, -0.2) is 0 Å². The largest absolute Gasteiger partial charge is 0.314 e. The molecule has 1 atom stereocenters. The zero-order valence-electron chi connectivity index (χ0n) is 11.1. The number of piperazine rings is 1. The molecule has 3 nitrogen and oxygen atoms in total. The summed E-state index contributed by atoms with van der Waals surface area (Å²) in [5.74, 6) is 0. The van der Waals surface area contributed by atoms with Gasteiger partial charge in [-0.15, -0.1) is 0 Å². The second-order valence-corrected chi connectivity index (χ2v) is 5.03. The fourth-order valence-electron chi connectivity index (χ4n) is 2.50. The molecule has 17 heavy (non-hydrogen) atoms. The van der Waals surface area contributed by atoms with Crippen molar-refractivity contribution >= 4 is 0 Å². The van der Waals surface area contributed by atoms with Crippen molar-refractivity contribution in [3.63, 3.8) is 0 Å². The molecule has 1 heterocycles. The Morgan fingerprint density at radius 2 is 1.71 bits per heavy atom. The fraction of sp³-hybridized carbons (Fsp3) is 0.571. The Kier molecular flexibility index (Phi) is 4.15. The first-order chi connectivity index (χ1) is 8.18. The highest BCUT2D eigenvalue weighted by Gasteiger charge is 2.23. The number of hydrogen-bond acceptors (Lipinski definition) is 3. The van der Waals surface area contributed by atoms with Crippen molar-refractivity contribution < 1.29 is 0 Å². The number of hydrogen-bond donors (Lipinski definition) is 1. The fourth-order valence-corrected chi connectivity index (χ4v) is 2.50. The van der Waals surface area contributed by atoms with Crippen LogP contribution in [0.3, 0.4) is 0 Å². The van der Waals surface area contributed by atoms with E-state index in [1.807, 2.05) is 0 Å². The van der Waals surface area contributed by atoms with Crippen molar-refractivity contribution in [1.29, 1.82) is 0 Å². The van der Waals surface area contributed by atoms with E-state index in [4.69, 9.17) is 0 Å². The molecule has 1 aliphatic heterocycles. The van der Waals surface area contributed by atoms with Gasteiger partial charge < -0.3 is 5.32 Å². The van der Waals surface area contributed by atoms with Crippen LogP contribution in [-0.4, -0.2) is 50.1 Å². The summed E-state index contributed by atoms with van der Waals surface area (Å²) in [6.07, 6.45) is 0.401. The average molecular weight is 233 g/mol. The van der Waals surface area contributed by atoms with Gasteiger partial charge in [-0.3, -0.25) is 9.80 Å². The van der Waals surface area contributed by atoms with E-state index in [0.29, 0.717) is 6.17 Å². The third-order valence-corrected chi connectivity index (χ3v) is 3.36. The molecule has 0 amide bonds. The van der Waals surface area contributed by atoms with Crippen LogP contribution in [0.5, 0.6) is 0 Å². The predicted octanol–water partition coefficient (Wildman–Crippen LogP) is 1.46. The smallest absolute Gasteiger partial charge is 0.0882 e. The summed E-state index contributed by atoms with van der Waals surface area (Å²) in [6.45, 7) is 6.57. The van der Waals surface area contributed by atoms with Crippen molar-refractivity contribution in [3.05, 3.63) is 35.4 Å². The van der Waals surface area contributed by atoms with Crippen LogP contribution in [0, 0.1) is 6.92 Å². The summed E-state index contributed by atoms with van der Waals surface area (Å²) in [6, 6.07) is 8.91. The van der Waals surface area contributed by atoms with Gasteiger partial charge >= 0.3 is 0 Å². The quantitative estimate of drug-likeness (QED) is 0.853. The minimum Gasteiger partial charge on any atom is -0.314 e. The zero-order valence-corrected chi connectivity index (χ0v) is 11.1. The Hall–Kier alpha value is -0.900. The van der Waals surface area contributed by atoms with Crippen LogP contribution in [0.25, 0.3) is 0 Å². The third-order valence-electron chi connectivity index (χ3n) is 3.36. The topological polar surface area (TPSA) is 18.5 Å². The van der Waals surface area contributed by atoms with E-state index in [0.717, 1.165) is 26.2 Å². The molecule has 0 aliphatic carbocycles. The molecule has 2 rings (SSSR count). The van der Waals surface area contributed by atoms with Gasteiger partial charge in [0.25, 0.3) is 0 Å². The van der Waals surface area contributed by atoms with E-state index in [-0.39, 0.29) is 0 Å². The first kappa shape index (κ1) is 12.6. The van der Waals surface area contributed by atoms with Crippen molar-refractivity contribution in [1.82, 2.24) is 15.1 Å². The van der Waals surface area contributed by atoms with Gasteiger partial charge in [-0.05, 0) is 26.6 Å². The molecule has 94 valence electrons. The van der Waals surface area contributed by atoms with Gasteiger partial charge in [0.1, 0.15) is 0 Å². The lowest BCUT2D eigenvalue weighted by atomic mass is 10.1. The molecule has 1 N–H and O–H groups in total. The Labute approximate surface area is 104 Å². The molecule has 0 spiro atoms. The predicted molar refractivity (Wildman–Crippen MR) is 72.0 cm³/mol. The second-order valence-electron chi connectivity index (χ2n) is 5.03. The van der Waals surface area contributed by atoms with Crippen molar-refractivity contribution in [2.75, 3.05) is 40.3 Å². The third kappa shape index (κ3) is 3.06. The van der Waals surface area contributed by atoms with Crippen LogP contribution < -0.4 is 5.32 Å². The summed E-state index contributed by atoms with van der Waals surface area (Å²) in [5, 5.41) is 3.41. The first-order valence-electron chi connectivity index (χ1n) is 6.36. The van der Waals surface area contributed by atoms with Crippen molar-refractivity contribution in [3.8, 4) is 0 Å². The minimum atomic E-state index is 0.401. The average Bonchev–Trinajstić information content (AvgIpc) is 2.33. The van der Waals surface area contributed by atoms with E-state index in [1.165, 1.54) is 11.1 Å². The van der Waals surface area contributed by atoms with Crippen LogP contribution in [0.1, 0.15) is 17.3 Å². The van der Waals surface area contributed by atoms with Crippen LogP contribution in [0.4, 0.5) is 0 Å². The summed E-state index contributed by atoms with van der Waals surface area (Å²) in [4.78, 5) is 4.84. The molecule has 1 saturated heterocycles. The number of benzene rings is 1. The standard InChI is InChI=1S/C14H23N3/c1-12-4-6-13(7-5-12)14(16(2)3)17-10-8-15-9-11-17/h4-7,14-15H,8-11H2,1-3H3. The van der Waals surface area contributed by atoms with Crippen molar-refractivity contribution in [2.45, 2.75) is 13.1 Å². The maximum Gasteiger partial charge on any atom is 0.0882 e. The second kappa shape index (κ2) is 5.63. The summed E-state index contributed by atoms with van der Waals surface area (Å²) in [7, 11) is 4.32. The number of nitrogens with one attached hydrogen (secondary N) is 1. The number of nitrogens with zero attached hydrogens (tertiary/aromatic N) is 2. The van der Waals surface area contributed by atoms with E-state index in [1.54, 1.807) is 0 Å². The maximum atomic E-state index is 3.41. The number of rotatable bonds is 3. The Bertz CT molecular complexity index is 339. The monoisotopic (exact) mass is 233 g/mol. The Morgan fingerprint density at radius 3 is 2.24 bits per heavy atom. The van der Waals surface area contributed by atoms with Crippen molar-refractivity contribution in [2.24, 2.45) is 0 Å². The molecule has 3 heteroatoms. The molecule has 0 radical (unpaired) electrons. The Morgan fingerprint density at radius 1 is 1.12 bits per heavy atom. The first-order valence-corrected chi connectivity index (χ1v) is 6.36. The van der Waals surface area contributed by atoms with E-state index < -0.39 is 0 Å². The summed E-state index contributed by atoms with van der Waals surface area (Å²) < 4.78 is 0. The lowest BCUT2D eigenvalue weighted by Crippen LogP contribution is -2.48. The summed E-state index contributed by atoms with van der Waals surface area (Å²) >= 11 is 0. The normalized spacial score (nSPS) is 19.5. The van der Waals surface area contributed by atoms with Crippen LogP contribution >= 0.6 is 0 Å². The molecular weight excluding hydrogens is 210 g/mol. The van der Waals surface area contributed by atoms with E-state index in [9.17, 15) is 0 Å². The Balaban J connectivity index is 2.18. The van der Waals surface area contributed by atoms with Gasteiger partial charge in [0.15, 0.2) is 0 Å². The van der Waals surface area contributed by atoms with Gasteiger partial charge in [-0.1, -0.05) is 29.8 Å². The highest BCUT2D eigenvalue weighted by atomic mass is 15.3. The molecule has 0 saturated carbocycles. The maximum absolute atomic E-state index is 3.41. The molecule has 1 unspecified atom stereocenters. The molecule has 1 aromatic carbocycles. The van der Waals surface area contributed by atoms with Gasteiger partial charge in [-0.2, -0.15) is 0 Å². The SMILES string of the molecule is Cc1ccc(C(N(C)C)N2CCNCC2)cc1. The highest BCUT2D eigenvalue weighted by Crippen LogP contribution is 2.23. The van der Waals surface area contributed by atoms with Gasteiger partial charge in [0, 0.05) is 26.2 Å². The van der Waals surface area contributed by atoms with Crippen LogP contribution in [0.2, 0.25) is 0 Å². The molecule has 1 aromatic rings. The lowest BCUT2D eigenvalue weighted by molar-refractivity contribution is 0.0673. The molecule has 1 fully saturated rings. The molecular formula is C14H23N3. The van der Waals surface area contributed by atoms with Gasteiger partial charge in [0.05, 0.1) is 6.17 Å². The molecule has 0 bridgehead atoms. The van der Waals surface area contributed by atoms with Crippen LogP contribution in [0.15, 0.2) is 24.3 Å². The van der Waals surface area contributed by atoms with E-state index >= 15 is 0 Å². The summed E-state index contributed by atoms with van der Waals surface area (Å²) in [5.41, 5.74) is 2.72. The number of aryl methyl sites for hydroxylation is 1. The van der Waals surface area contributed by atoms with Gasteiger partial charge in [0.2, 0.25) is 0 Å². The van der Waals surface area contributed by atoms with Crippen LogP contribution in [-0.2, 0) is 0 Å². The highest BCUT2D eigenvalue weighted by molar-refractivity contribution is 5.24. The molecule has 0 aromatic heterocycles. The molecule has 1 aliphatic rings. The zero-order chi connectivity index (χ0) is 12.3.